The quantitative estimate of drug-likeness (QED) is 0.515. The Morgan fingerprint density at radius 3 is 2.71 bits per heavy atom. The standard InChI is InChI=1S/C23H22FN5O2/c1-14-18(12-26-21(27-14)19-6-4-5-9-25-19)22(30)28-29-13-15(11-23(2,3)31)17-10-16(24)7-8-20(17)29/h4-10,12-13,31H,11H2,1-3H3,(H,28,30). The zero-order valence-corrected chi connectivity index (χ0v) is 17.4. The highest BCUT2D eigenvalue weighted by molar-refractivity contribution is 6.01. The van der Waals surface area contributed by atoms with Crippen LogP contribution in [0.25, 0.3) is 22.4 Å². The molecule has 2 N–H and O–H groups in total. The highest BCUT2D eigenvalue weighted by Gasteiger charge is 2.20. The highest BCUT2D eigenvalue weighted by atomic mass is 19.1. The lowest BCUT2D eigenvalue weighted by molar-refractivity contribution is 0.0813. The lowest BCUT2D eigenvalue weighted by Crippen LogP contribution is -2.24. The molecule has 8 heteroatoms. The van der Waals surface area contributed by atoms with Gasteiger partial charge in [0.25, 0.3) is 5.91 Å². The minimum absolute atomic E-state index is 0.302. The van der Waals surface area contributed by atoms with Gasteiger partial charge in [-0.3, -0.25) is 19.9 Å². The number of nitrogens with one attached hydrogen (secondary N) is 1. The van der Waals surface area contributed by atoms with Crippen molar-refractivity contribution in [1.29, 1.82) is 0 Å². The number of amides is 1. The topological polar surface area (TPSA) is 92.9 Å². The van der Waals surface area contributed by atoms with Gasteiger partial charge >= 0.3 is 0 Å². The Morgan fingerprint density at radius 1 is 1.23 bits per heavy atom. The van der Waals surface area contributed by atoms with Gasteiger partial charge in [0.1, 0.15) is 11.5 Å². The molecule has 0 radical (unpaired) electrons. The van der Waals surface area contributed by atoms with Crippen LogP contribution in [0.1, 0.15) is 35.5 Å². The molecule has 7 nitrogen and oxygen atoms in total. The summed E-state index contributed by atoms with van der Waals surface area (Å²) < 4.78 is 15.4. The second-order valence-corrected chi connectivity index (χ2v) is 8.02. The minimum atomic E-state index is -0.985. The van der Waals surface area contributed by atoms with E-state index in [2.05, 4.69) is 20.4 Å². The second-order valence-electron chi connectivity index (χ2n) is 8.02. The Hall–Kier alpha value is -3.65. The third-order valence-electron chi connectivity index (χ3n) is 4.81. The molecule has 0 spiro atoms. The van der Waals surface area contributed by atoms with Crippen LogP contribution in [0, 0.1) is 12.7 Å². The van der Waals surface area contributed by atoms with Gasteiger partial charge in [-0.25, -0.2) is 14.4 Å². The number of hydrogen-bond donors (Lipinski definition) is 2. The number of pyridine rings is 1. The van der Waals surface area contributed by atoms with E-state index < -0.39 is 11.5 Å². The predicted octanol–water partition coefficient (Wildman–Crippen LogP) is 3.64. The lowest BCUT2D eigenvalue weighted by atomic mass is 9.98. The molecule has 3 aromatic heterocycles. The van der Waals surface area contributed by atoms with E-state index in [0.29, 0.717) is 40.1 Å². The summed E-state index contributed by atoms with van der Waals surface area (Å²) in [7, 11) is 0. The first-order chi connectivity index (χ1) is 14.7. The number of hydrogen-bond acceptors (Lipinski definition) is 5. The van der Waals surface area contributed by atoms with Gasteiger partial charge in [-0.05, 0) is 56.7 Å². The van der Waals surface area contributed by atoms with Crippen molar-refractivity contribution in [3.05, 3.63) is 77.6 Å². The third-order valence-corrected chi connectivity index (χ3v) is 4.81. The summed E-state index contributed by atoms with van der Waals surface area (Å²) in [6, 6.07) is 9.75. The molecule has 31 heavy (non-hydrogen) atoms. The molecular formula is C23H22FN5O2. The fourth-order valence-electron chi connectivity index (χ4n) is 3.45. The second kappa shape index (κ2) is 7.88. The summed E-state index contributed by atoms with van der Waals surface area (Å²) in [6.07, 6.45) is 5.11. The Balaban J connectivity index is 1.66. The Kier molecular flexibility index (Phi) is 5.24. The molecule has 4 aromatic rings. The van der Waals surface area contributed by atoms with Crippen LogP contribution in [0.2, 0.25) is 0 Å². The van der Waals surface area contributed by atoms with Crippen molar-refractivity contribution in [3.63, 3.8) is 0 Å². The van der Waals surface area contributed by atoms with E-state index in [0.717, 1.165) is 5.56 Å². The summed E-state index contributed by atoms with van der Waals surface area (Å²) >= 11 is 0. The molecule has 0 saturated carbocycles. The molecule has 0 atom stereocenters. The minimum Gasteiger partial charge on any atom is -0.390 e. The summed E-state index contributed by atoms with van der Waals surface area (Å²) in [5.41, 5.74) is 4.60. The summed E-state index contributed by atoms with van der Waals surface area (Å²) in [6.45, 7) is 5.09. The SMILES string of the molecule is Cc1nc(-c2ccccn2)ncc1C(=O)Nn1cc(CC(C)(C)O)c2cc(F)ccc21. The molecule has 0 unspecified atom stereocenters. The number of aromatic nitrogens is 4. The number of rotatable bonds is 5. The number of halogens is 1. The maximum absolute atomic E-state index is 13.8. The number of nitrogens with zero attached hydrogens (tertiary/aromatic N) is 4. The van der Waals surface area contributed by atoms with Gasteiger partial charge in [-0.1, -0.05) is 6.07 Å². The van der Waals surface area contributed by atoms with Crippen LogP contribution in [0.3, 0.4) is 0 Å². The number of fused-ring (bicyclic) bond motifs is 1. The zero-order chi connectivity index (χ0) is 22.2. The first-order valence-electron chi connectivity index (χ1n) is 9.79. The van der Waals surface area contributed by atoms with Gasteiger partial charge in [0, 0.05) is 30.4 Å². The normalized spacial score (nSPS) is 11.6. The molecule has 0 aliphatic heterocycles. The van der Waals surface area contributed by atoms with Crippen LogP contribution in [-0.4, -0.2) is 36.2 Å². The Labute approximate surface area is 178 Å². The largest absolute Gasteiger partial charge is 0.390 e. The first-order valence-corrected chi connectivity index (χ1v) is 9.79. The van der Waals surface area contributed by atoms with Gasteiger partial charge in [-0.15, -0.1) is 0 Å². The van der Waals surface area contributed by atoms with Gasteiger partial charge in [0.05, 0.1) is 22.4 Å². The average Bonchev–Trinajstić information content (AvgIpc) is 3.03. The molecule has 0 saturated heterocycles. The van der Waals surface area contributed by atoms with Crippen LogP contribution in [0.5, 0.6) is 0 Å². The molecule has 1 aromatic carbocycles. The zero-order valence-electron chi connectivity index (χ0n) is 17.4. The number of carbonyl (C=O) groups excluding carboxylic acids is 1. The molecule has 3 heterocycles. The van der Waals surface area contributed by atoms with Crippen LogP contribution in [-0.2, 0) is 6.42 Å². The van der Waals surface area contributed by atoms with E-state index in [1.54, 1.807) is 51.4 Å². The number of carbonyl (C=O) groups is 1. The lowest BCUT2D eigenvalue weighted by Gasteiger charge is -2.16. The van der Waals surface area contributed by atoms with Gasteiger partial charge in [0.15, 0.2) is 5.82 Å². The number of aryl methyl sites for hydroxylation is 1. The highest BCUT2D eigenvalue weighted by Crippen LogP contribution is 2.25. The average molecular weight is 419 g/mol. The molecule has 0 bridgehead atoms. The summed E-state index contributed by atoms with van der Waals surface area (Å²) in [5, 5.41) is 10.8. The number of aliphatic hydroxyl groups is 1. The molecule has 0 fully saturated rings. The van der Waals surface area contributed by atoms with Crippen molar-refractivity contribution in [2.45, 2.75) is 32.8 Å². The Morgan fingerprint density at radius 2 is 2.03 bits per heavy atom. The fraction of sp³-hybridized carbons (Fsp3) is 0.217. The number of benzene rings is 1. The van der Waals surface area contributed by atoms with Crippen molar-refractivity contribution >= 4 is 16.8 Å². The summed E-state index contributed by atoms with van der Waals surface area (Å²) in [4.78, 5) is 25.8. The monoisotopic (exact) mass is 419 g/mol. The molecule has 158 valence electrons. The van der Waals surface area contributed by atoms with Gasteiger partial charge < -0.3 is 5.11 Å². The maximum Gasteiger partial charge on any atom is 0.273 e. The van der Waals surface area contributed by atoms with E-state index in [1.807, 2.05) is 6.07 Å². The van der Waals surface area contributed by atoms with Crippen molar-refractivity contribution in [2.75, 3.05) is 5.43 Å². The maximum atomic E-state index is 13.8. The summed E-state index contributed by atoms with van der Waals surface area (Å²) in [5.74, 6) is -0.354. The van der Waals surface area contributed by atoms with Crippen LogP contribution >= 0.6 is 0 Å². The molecule has 4 rings (SSSR count). The van der Waals surface area contributed by atoms with Gasteiger partial charge in [0.2, 0.25) is 0 Å². The van der Waals surface area contributed by atoms with E-state index in [1.165, 1.54) is 23.0 Å². The van der Waals surface area contributed by atoms with E-state index >= 15 is 0 Å². The molecule has 1 amide bonds. The third kappa shape index (κ3) is 4.44. The van der Waals surface area contributed by atoms with Crippen LogP contribution < -0.4 is 5.43 Å². The first kappa shape index (κ1) is 20.6. The fourth-order valence-corrected chi connectivity index (χ4v) is 3.45. The Bertz CT molecular complexity index is 1260. The molecule has 0 aliphatic carbocycles. The van der Waals surface area contributed by atoms with Crippen molar-refractivity contribution in [2.24, 2.45) is 0 Å². The van der Waals surface area contributed by atoms with E-state index in [-0.39, 0.29) is 5.82 Å². The van der Waals surface area contributed by atoms with Crippen molar-refractivity contribution in [3.8, 4) is 11.5 Å². The predicted molar refractivity (Wildman–Crippen MR) is 116 cm³/mol. The van der Waals surface area contributed by atoms with Gasteiger partial charge in [-0.2, -0.15) is 0 Å². The van der Waals surface area contributed by atoms with Crippen LogP contribution in [0.15, 0.2) is 55.0 Å². The van der Waals surface area contributed by atoms with E-state index in [4.69, 9.17) is 0 Å². The van der Waals surface area contributed by atoms with Crippen LogP contribution in [0.4, 0.5) is 4.39 Å². The smallest absolute Gasteiger partial charge is 0.273 e. The molecule has 0 aliphatic rings. The molecular weight excluding hydrogens is 397 g/mol. The van der Waals surface area contributed by atoms with Crippen molar-refractivity contribution in [1.82, 2.24) is 19.6 Å². The van der Waals surface area contributed by atoms with Crippen molar-refractivity contribution < 1.29 is 14.3 Å². The van der Waals surface area contributed by atoms with E-state index in [9.17, 15) is 14.3 Å².